The molecule has 3 N–H and O–H groups in total. The Morgan fingerprint density at radius 1 is 1.33 bits per heavy atom. The van der Waals surface area contributed by atoms with E-state index in [4.69, 9.17) is 15.6 Å². The fourth-order valence-corrected chi connectivity index (χ4v) is 4.88. The predicted octanol–water partition coefficient (Wildman–Crippen LogP) is 3.09. The zero-order chi connectivity index (χ0) is 19.2. The maximum Gasteiger partial charge on any atom is 0.154 e. The second-order valence-electron chi connectivity index (χ2n) is 6.79. The van der Waals surface area contributed by atoms with Crippen LogP contribution in [0, 0.1) is 22.7 Å². The lowest BCUT2D eigenvalue weighted by molar-refractivity contribution is 0.0772. The molecule has 2 aliphatic rings. The first-order chi connectivity index (χ1) is 13.2. The summed E-state index contributed by atoms with van der Waals surface area (Å²) in [7, 11) is 0. The molecular weight excluding hydrogens is 360 g/mol. The van der Waals surface area contributed by atoms with E-state index in [0.717, 1.165) is 56.1 Å². The van der Waals surface area contributed by atoms with E-state index < -0.39 is 0 Å². The molecule has 2 aromatic rings. The fourth-order valence-electron chi connectivity index (χ4n) is 3.75. The van der Waals surface area contributed by atoms with Crippen molar-refractivity contribution in [1.29, 1.82) is 10.8 Å². The van der Waals surface area contributed by atoms with Crippen molar-refractivity contribution in [3.63, 3.8) is 0 Å². The Kier molecular flexibility index (Phi) is 7.09. The van der Waals surface area contributed by atoms with Gasteiger partial charge in [0, 0.05) is 31.0 Å². The van der Waals surface area contributed by atoms with Gasteiger partial charge in [-0.05, 0) is 31.2 Å². The number of nitrogens with zero attached hydrogens (tertiary/aromatic N) is 3. The van der Waals surface area contributed by atoms with Crippen molar-refractivity contribution < 1.29 is 4.74 Å². The van der Waals surface area contributed by atoms with Crippen LogP contribution in [-0.4, -0.2) is 56.7 Å². The number of ether oxygens (including phenoxy) is 1. The number of hydrogen-bond donors (Lipinski definition) is 3. The van der Waals surface area contributed by atoms with Crippen LogP contribution in [0.3, 0.4) is 0 Å². The molecule has 1 aliphatic carbocycles. The molecule has 2 aromatic heterocycles. The fraction of sp³-hybridized carbons (Fsp3) is 0.632. The third-order valence-corrected chi connectivity index (χ3v) is 6.48. The van der Waals surface area contributed by atoms with Crippen molar-refractivity contribution in [3.8, 4) is 0 Å². The number of aromatic amines is 1. The van der Waals surface area contributed by atoms with Crippen LogP contribution in [0.1, 0.15) is 33.1 Å². The molecule has 4 rings (SSSR count). The van der Waals surface area contributed by atoms with Gasteiger partial charge in [0.15, 0.2) is 5.65 Å². The normalized spacial score (nSPS) is 23.2. The van der Waals surface area contributed by atoms with Gasteiger partial charge in [-0.1, -0.05) is 25.8 Å². The van der Waals surface area contributed by atoms with E-state index in [2.05, 4.69) is 14.3 Å². The molecule has 1 aliphatic heterocycles. The molecule has 0 radical (unpaired) electrons. The zero-order valence-electron chi connectivity index (χ0n) is 16.2. The maximum absolute atomic E-state index is 8.67. The molecule has 0 amide bonds. The summed E-state index contributed by atoms with van der Waals surface area (Å²) in [6, 6.07) is 1.90. The van der Waals surface area contributed by atoms with Crippen molar-refractivity contribution in [1.82, 2.24) is 18.8 Å². The molecule has 0 aromatic carbocycles. The lowest BCUT2D eigenvalue weighted by Gasteiger charge is -2.26. The van der Waals surface area contributed by atoms with Crippen LogP contribution in [-0.2, 0) is 4.74 Å². The van der Waals surface area contributed by atoms with Gasteiger partial charge in [-0.3, -0.25) is 15.4 Å². The van der Waals surface area contributed by atoms with Crippen molar-refractivity contribution in [2.24, 2.45) is 11.8 Å². The summed E-state index contributed by atoms with van der Waals surface area (Å²) >= 11 is 1.94. The van der Waals surface area contributed by atoms with Gasteiger partial charge in [-0.25, -0.2) is 9.29 Å². The number of rotatable bonds is 4. The first-order valence-electron chi connectivity index (χ1n) is 9.86. The number of hydrogen-bond acceptors (Lipinski definition) is 6. The van der Waals surface area contributed by atoms with E-state index in [0.29, 0.717) is 11.8 Å². The standard InChI is InChI=1S/C17H24N6OS.C2H6/c18-15-10-21-17-14(3-4-20-17)23(15)16(19)13-2-1-12(9-13)11-25-22-5-7-24-8-6-22;1-2/h3-4,10,12-13,18-20H,1-2,5-9,11H2;1-2H3. The van der Waals surface area contributed by atoms with E-state index >= 15 is 0 Å². The monoisotopic (exact) mass is 390 g/mol. The molecule has 1 saturated heterocycles. The Morgan fingerprint density at radius 3 is 2.89 bits per heavy atom. The van der Waals surface area contributed by atoms with Crippen LogP contribution in [0.4, 0.5) is 0 Å². The third-order valence-electron chi connectivity index (χ3n) is 5.13. The highest BCUT2D eigenvalue weighted by Crippen LogP contribution is 2.35. The van der Waals surface area contributed by atoms with E-state index in [9.17, 15) is 0 Å². The van der Waals surface area contributed by atoms with Gasteiger partial charge in [0.1, 0.15) is 11.3 Å². The van der Waals surface area contributed by atoms with Crippen molar-refractivity contribution in [2.75, 3.05) is 32.1 Å². The van der Waals surface area contributed by atoms with E-state index in [1.807, 2.05) is 38.1 Å². The average molecular weight is 391 g/mol. The largest absolute Gasteiger partial charge is 0.379 e. The summed E-state index contributed by atoms with van der Waals surface area (Å²) in [5.41, 5.74) is 1.84. The van der Waals surface area contributed by atoms with Gasteiger partial charge < -0.3 is 9.72 Å². The Labute approximate surface area is 164 Å². The summed E-state index contributed by atoms with van der Waals surface area (Å²) in [6.45, 7) is 7.69. The van der Waals surface area contributed by atoms with Crippen LogP contribution < -0.4 is 5.49 Å². The highest BCUT2D eigenvalue weighted by molar-refractivity contribution is 7.97. The van der Waals surface area contributed by atoms with Gasteiger partial charge in [0.05, 0.1) is 24.9 Å². The number of H-pyrrole nitrogens is 1. The number of nitrogens with one attached hydrogen (secondary N) is 3. The molecular formula is C19H30N6OS. The van der Waals surface area contributed by atoms with Gasteiger partial charge in [-0.15, -0.1) is 0 Å². The van der Waals surface area contributed by atoms with E-state index in [1.165, 1.54) is 12.6 Å². The van der Waals surface area contributed by atoms with Gasteiger partial charge in [-0.2, -0.15) is 0 Å². The minimum absolute atomic E-state index is 0.227. The van der Waals surface area contributed by atoms with Gasteiger partial charge in [0.25, 0.3) is 0 Å². The summed E-state index contributed by atoms with van der Waals surface area (Å²) in [5.74, 6) is 2.54. The van der Waals surface area contributed by atoms with Crippen LogP contribution in [0.25, 0.3) is 11.2 Å². The average Bonchev–Trinajstić information content (AvgIpc) is 3.38. The molecule has 2 unspecified atom stereocenters. The van der Waals surface area contributed by atoms with Crippen LogP contribution >= 0.6 is 11.9 Å². The van der Waals surface area contributed by atoms with Crippen LogP contribution in [0.5, 0.6) is 0 Å². The zero-order valence-corrected chi connectivity index (χ0v) is 17.0. The highest BCUT2D eigenvalue weighted by Gasteiger charge is 2.30. The molecule has 148 valence electrons. The van der Waals surface area contributed by atoms with Crippen molar-refractivity contribution in [3.05, 3.63) is 23.9 Å². The second-order valence-corrected chi connectivity index (χ2v) is 7.90. The lowest BCUT2D eigenvalue weighted by Crippen LogP contribution is -2.32. The molecule has 0 spiro atoms. The quantitative estimate of drug-likeness (QED) is 0.425. The number of fused-ring (bicyclic) bond motifs is 1. The first-order valence-corrected chi connectivity index (χ1v) is 10.8. The minimum Gasteiger partial charge on any atom is -0.379 e. The van der Waals surface area contributed by atoms with Gasteiger partial charge in [0.2, 0.25) is 0 Å². The Balaban J connectivity index is 0.00000102. The molecule has 8 heteroatoms. The topological polar surface area (TPSA) is 93.8 Å². The predicted molar refractivity (Wildman–Crippen MR) is 110 cm³/mol. The van der Waals surface area contributed by atoms with Crippen LogP contribution in [0.2, 0.25) is 0 Å². The van der Waals surface area contributed by atoms with Crippen molar-refractivity contribution >= 4 is 28.9 Å². The Hall–Kier alpha value is -1.64. The Morgan fingerprint density at radius 2 is 2.11 bits per heavy atom. The molecule has 7 nitrogen and oxygen atoms in total. The summed E-state index contributed by atoms with van der Waals surface area (Å²) < 4.78 is 9.54. The minimum atomic E-state index is 0.227. The molecule has 0 bridgehead atoms. The summed E-state index contributed by atoms with van der Waals surface area (Å²) in [5, 5.41) is 16.8. The number of morpholine rings is 1. The maximum atomic E-state index is 8.67. The smallest absolute Gasteiger partial charge is 0.154 e. The molecule has 1 saturated carbocycles. The van der Waals surface area contributed by atoms with Crippen molar-refractivity contribution in [2.45, 2.75) is 33.1 Å². The van der Waals surface area contributed by atoms with Gasteiger partial charge >= 0.3 is 0 Å². The van der Waals surface area contributed by atoms with E-state index in [1.54, 1.807) is 4.57 Å². The summed E-state index contributed by atoms with van der Waals surface area (Å²) in [6.07, 6.45) is 6.58. The molecule has 27 heavy (non-hydrogen) atoms. The first kappa shape index (κ1) is 20.1. The second kappa shape index (κ2) is 9.52. The third kappa shape index (κ3) is 4.62. The molecule has 2 fully saturated rings. The molecule has 2 atom stereocenters. The highest BCUT2D eigenvalue weighted by atomic mass is 32.2. The molecule has 3 heterocycles. The van der Waals surface area contributed by atoms with Crippen LogP contribution in [0.15, 0.2) is 18.5 Å². The summed E-state index contributed by atoms with van der Waals surface area (Å²) in [4.78, 5) is 7.29. The SMILES string of the molecule is CC.N=C(C1CCC(CSN2CCOCC2)C1)n1c(=N)cnc2[nH]ccc21. The Bertz CT molecular complexity index is 810. The lowest BCUT2D eigenvalue weighted by atomic mass is 10.0. The van der Waals surface area contributed by atoms with E-state index in [-0.39, 0.29) is 11.4 Å². The number of aromatic nitrogens is 3.